The van der Waals surface area contributed by atoms with Gasteiger partial charge in [0.1, 0.15) is 0 Å². The number of rotatable bonds is 8. The Kier molecular flexibility index (Phi) is 12.1. The molecule has 0 aliphatic heterocycles. The number of allylic oxidation sites excluding steroid dienone is 1. The lowest BCUT2D eigenvalue weighted by atomic mass is 9.96. The van der Waals surface area contributed by atoms with Crippen molar-refractivity contribution < 1.29 is 6.22 Å². The Morgan fingerprint density at radius 3 is 2.26 bits per heavy atom. The molecule has 0 saturated heterocycles. The molecule has 23 heavy (non-hydrogen) atoms. The SMILES string of the molecule is C=C(c1ccc(C(=O)NC(C)CC)cc1)C(CS)CSC.CC.[HH]. The number of thioether (sulfide) groups is 1. The van der Waals surface area contributed by atoms with Gasteiger partial charge in [-0.15, -0.1) is 0 Å². The van der Waals surface area contributed by atoms with Gasteiger partial charge in [-0.25, -0.2) is 0 Å². The summed E-state index contributed by atoms with van der Waals surface area (Å²) in [6, 6.07) is 7.89. The number of thiol groups is 1. The van der Waals surface area contributed by atoms with Crippen LogP contribution in [0.1, 0.15) is 51.5 Å². The largest absolute Gasteiger partial charge is 0.350 e. The first-order valence-electron chi connectivity index (χ1n) is 8.23. The van der Waals surface area contributed by atoms with E-state index in [0.717, 1.165) is 29.1 Å². The molecule has 0 bridgehead atoms. The molecule has 0 aliphatic rings. The van der Waals surface area contributed by atoms with E-state index >= 15 is 0 Å². The average molecular weight is 356 g/mol. The molecule has 1 aromatic carbocycles. The monoisotopic (exact) mass is 355 g/mol. The van der Waals surface area contributed by atoms with Crippen LogP contribution in [0.2, 0.25) is 0 Å². The van der Waals surface area contributed by atoms with Crippen LogP contribution < -0.4 is 5.32 Å². The van der Waals surface area contributed by atoms with Crippen molar-refractivity contribution in [1.82, 2.24) is 5.32 Å². The van der Waals surface area contributed by atoms with Crippen LogP contribution in [0.15, 0.2) is 30.8 Å². The highest BCUT2D eigenvalue weighted by atomic mass is 32.2. The van der Waals surface area contributed by atoms with Gasteiger partial charge in [-0.3, -0.25) is 4.79 Å². The first-order chi connectivity index (χ1) is 11.0. The minimum absolute atomic E-state index is 0. The van der Waals surface area contributed by atoms with Gasteiger partial charge in [0.05, 0.1) is 0 Å². The highest BCUT2D eigenvalue weighted by Crippen LogP contribution is 2.25. The Morgan fingerprint density at radius 1 is 1.30 bits per heavy atom. The molecule has 1 rings (SSSR count). The van der Waals surface area contributed by atoms with Gasteiger partial charge in [-0.05, 0) is 48.6 Å². The number of hydrogen-bond donors (Lipinski definition) is 2. The Balaban J connectivity index is 0. The molecule has 4 heteroatoms. The normalized spacial score (nSPS) is 12.6. The predicted octanol–water partition coefficient (Wildman–Crippen LogP) is 5.41. The summed E-state index contributed by atoms with van der Waals surface area (Å²) in [6.45, 7) is 12.3. The molecule has 2 nitrogen and oxygen atoms in total. The maximum atomic E-state index is 12.0. The van der Waals surface area contributed by atoms with Crippen LogP contribution >= 0.6 is 24.4 Å². The summed E-state index contributed by atoms with van der Waals surface area (Å²) < 4.78 is 0. The third kappa shape index (κ3) is 7.49. The third-order valence-electron chi connectivity index (χ3n) is 3.59. The fourth-order valence-electron chi connectivity index (χ4n) is 1.95. The van der Waals surface area contributed by atoms with Gasteiger partial charge in [-0.2, -0.15) is 24.4 Å². The van der Waals surface area contributed by atoms with E-state index in [0.29, 0.717) is 11.5 Å². The fraction of sp³-hybridized carbons (Fsp3) is 0.526. The second-order valence-electron chi connectivity index (χ2n) is 5.22. The molecule has 0 aromatic heterocycles. The van der Waals surface area contributed by atoms with Crippen LogP contribution in [0.5, 0.6) is 0 Å². The topological polar surface area (TPSA) is 29.1 Å². The third-order valence-corrected chi connectivity index (χ3v) is 4.77. The van der Waals surface area contributed by atoms with Crippen molar-refractivity contribution >= 4 is 35.9 Å². The molecule has 0 radical (unpaired) electrons. The molecule has 0 fully saturated rings. The summed E-state index contributed by atoms with van der Waals surface area (Å²) in [5, 5.41) is 2.97. The molecule has 2 unspecified atom stereocenters. The van der Waals surface area contributed by atoms with Gasteiger partial charge in [0, 0.05) is 24.7 Å². The molecule has 132 valence electrons. The Hall–Kier alpha value is -0.870. The van der Waals surface area contributed by atoms with E-state index in [2.05, 4.69) is 37.7 Å². The van der Waals surface area contributed by atoms with Crippen molar-refractivity contribution in [3.63, 3.8) is 0 Å². The summed E-state index contributed by atoms with van der Waals surface area (Å²) in [4.78, 5) is 12.0. The van der Waals surface area contributed by atoms with Crippen molar-refractivity contribution in [3.8, 4) is 0 Å². The van der Waals surface area contributed by atoms with E-state index < -0.39 is 0 Å². The zero-order valence-corrected chi connectivity index (χ0v) is 16.8. The summed E-state index contributed by atoms with van der Waals surface area (Å²) in [7, 11) is 0. The van der Waals surface area contributed by atoms with E-state index in [1.807, 2.05) is 45.0 Å². The standard InChI is InChI=1S/C17H25NOS2.C2H6.H2/c1-5-12(2)18-17(19)15-8-6-14(7-9-15)13(3)16(10-20)11-21-4;1-2;/h6-9,12,16,20H,3,5,10-11H2,1-2,4H3,(H,18,19);1-2H3;1H. The van der Waals surface area contributed by atoms with Crippen molar-refractivity contribution in [1.29, 1.82) is 0 Å². The van der Waals surface area contributed by atoms with Gasteiger partial charge in [-0.1, -0.05) is 39.5 Å². The molecular weight excluding hydrogens is 322 g/mol. The van der Waals surface area contributed by atoms with E-state index in [4.69, 9.17) is 0 Å². The number of nitrogens with one attached hydrogen (secondary N) is 1. The second kappa shape index (κ2) is 12.5. The molecule has 1 amide bonds. The Bertz CT molecular complexity index is 477. The number of amides is 1. The minimum atomic E-state index is -0.0172. The second-order valence-corrected chi connectivity index (χ2v) is 6.50. The van der Waals surface area contributed by atoms with Crippen LogP contribution in [0.25, 0.3) is 5.57 Å². The van der Waals surface area contributed by atoms with E-state index in [1.165, 1.54) is 0 Å². The lowest BCUT2D eigenvalue weighted by Gasteiger charge is -2.17. The summed E-state index contributed by atoms with van der Waals surface area (Å²) >= 11 is 6.20. The van der Waals surface area contributed by atoms with Gasteiger partial charge in [0.2, 0.25) is 0 Å². The lowest BCUT2D eigenvalue weighted by molar-refractivity contribution is 0.0939. The Labute approximate surface area is 153 Å². The van der Waals surface area contributed by atoms with Crippen LogP contribution in [0.3, 0.4) is 0 Å². The van der Waals surface area contributed by atoms with E-state index in [9.17, 15) is 4.79 Å². The molecule has 1 N–H and O–H groups in total. The van der Waals surface area contributed by atoms with Gasteiger partial charge in [0.15, 0.2) is 0 Å². The molecule has 0 spiro atoms. The van der Waals surface area contributed by atoms with Gasteiger partial charge in [0.25, 0.3) is 5.91 Å². The average Bonchev–Trinajstić information content (AvgIpc) is 2.60. The molecule has 2 atom stereocenters. The summed E-state index contributed by atoms with van der Waals surface area (Å²) in [5.41, 5.74) is 2.87. The van der Waals surface area contributed by atoms with Crippen molar-refractivity contribution in [2.45, 2.75) is 40.2 Å². The highest BCUT2D eigenvalue weighted by Gasteiger charge is 2.13. The number of benzene rings is 1. The molecular formula is C19H33NOS2. The highest BCUT2D eigenvalue weighted by molar-refractivity contribution is 7.98. The van der Waals surface area contributed by atoms with Crippen LogP contribution in [0, 0.1) is 5.92 Å². The predicted molar refractivity (Wildman–Crippen MR) is 112 cm³/mol. The number of hydrogen-bond acceptors (Lipinski definition) is 3. The quantitative estimate of drug-likeness (QED) is 0.611. The number of carbonyl (C=O) groups excluding carboxylic acids is 1. The van der Waals surface area contributed by atoms with Gasteiger partial charge >= 0.3 is 0 Å². The fourth-order valence-corrected chi connectivity index (χ4v) is 3.19. The van der Waals surface area contributed by atoms with Crippen molar-refractivity contribution in [3.05, 3.63) is 42.0 Å². The van der Waals surface area contributed by atoms with Crippen LogP contribution in [-0.4, -0.2) is 29.7 Å². The first-order valence-corrected chi connectivity index (χ1v) is 10.3. The first kappa shape index (κ1) is 22.1. The Morgan fingerprint density at radius 2 is 1.83 bits per heavy atom. The molecule has 0 saturated carbocycles. The van der Waals surface area contributed by atoms with Crippen molar-refractivity contribution in [2.24, 2.45) is 5.92 Å². The van der Waals surface area contributed by atoms with E-state index in [-0.39, 0.29) is 13.4 Å². The number of carbonyl (C=O) groups is 1. The minimum Gasteiger partial charge on any atom is -0.350 e. The zero-order chi connectivity index (χ0) is 17.8. The maximum absolute atomic E-state index is 12.0. The van der Waals surface area contributed by atoms with Crippen LogP contribution in [-0.2, 0) is 0 Å². The van der Waals surface area contributed by atoms with Crippen molar-refractivity contribution in [2.75, 3.05) is 17.8 Å². The molecule has 0 heterocycles. The summed E-state index contributed by atoms with van der Waals surface area (Å²) in [6.07, 6.45) is 3.02. The zero-order valence-electron chi connectivity index (χ0n) is 15.1. The lowest BCUT2D eigenvalue weighted by Crippen LogP contribution is -2.31. The molecule has 1 aromatic rings. The maximum Gasteiger partial charge on any atom is 0.251 e. The van der Waals surface area contributed by atoms with Crippen LogP contribution in [0.4, 0.5) is 0 Å². The molecule has 0 aliphatic carbocycles. The van der Waals surface area contributed by atoms with Gasteiger partial charge < -0.3 is 5.32 Å². The smallest absolute Gasteiger partial charge is 0.251 e. The summed E-state index contributed by atoms with van der Waals surface area (Å²) in [5.74, 6) is 2.15. The van der Waals surface area contributed by atoms with E-state index in [1.54, 1.807) is 11.8 Å².